The zero-order valence-corrected chi connectivity index (χ0v) is 7.63. The molecule has 2 heteroatoms. The predicted molar refractivity (Wildman–Crippen MR) is 49.4 cm³/mol. The van der Waals surface area contributed by atoms with E-state index in [-0.39, 0.29) is 0 Å². The lowest BCUT2D eigenvalue weighted by Crippen LogP contribution is -1.90. The predicted octanol–water partition coefficient (Wildman–Crippen LogP) is 2.26. The molecule has 2 aromatic rings. The van der Waals surface area contributed by atoms with E-state index in [1.165, 1.54) is 16.6 Å². The molecule has 2 nitrogen and oxygen atoms in total. The van der Waals surface area contributed by atoms with Crippen molar-refractivity contribution in [3.63, 3.8) is 0 Å². The van der Waals surface area contributed by atoms with E-state index in [0.29, 0.717) is 0 Å². The average molecular weight is 160 g/mol. The standard InChI is InChI=1S/C10H12N2/c1-7-4-8(2)10-5-9(3)11-12(10)6-7/h4-6H,1-3H3. The summed E-state index contributed by atoms with van der Waals surface area (Å²) in [4.78, 5) is 0. The van der Waals surface area contributed by atoms with Gasteiger partial charge in [-0.25, -0.2) is 4.52 Å². The second-order valence-corrected chi connectivity index (χ2v) is 3.32. The van der Waals surface area contributed by atoms with Crippen molar-refractivity contribution in [1.82, 2.24) is 9.61 Å². The first-order chi connectivity index (χ1) is 5.66. The number of fused-ring (bicyclic) bond motifs is 1. The Bertz CT molecular complexity index is 427. The van der Waals surface area contributed by atoms with Gasteiger partial charge >= 0.3 is 0 Å². The maximum Gasteiger partial charge on any atom is 0.0693 e. The zero-order valence-electron chi connectivity index (χ0n) is 7.63. The summed E-state index contributed by atoms with van der Waals surface area (Å²) in [5, 5.41) is 4.35. The molecule has 0 saturated heterocycles. The fourth-order valence-electron chi connectivity index (χ4n) is 1.56. The van der Waals surface area contributed by atoms with E-state index < -0.39 is 0 Å². The van der Waals surface area contributed by atoms with Crippen molar-refractivity contribution >= 4 is 5.52 Å². The minimum absolute atomic E-state index is 1.07. The van der Waals surface area contributed by atoms with Crippen molar-refractivity contribution < 1.29 is 0 Å². The summed E-state index contributed by atoms with van der Waals surface area (Å²) in [5.41, 5.74) is 4.82. The Morgan fingerprint density at radius 3 is 2.67 bits per heavy atom. The second kappa shape index (κ2) is 2.34. The number of pyridine rings is 1. The van der Waals surface area contributed by atoms with Crippen molar-refractivity contribution in [2.24, 2.45) is 0 Å². The van der Waals surface area contributed by atoms with Crippen LogP contribution in [-0.2, 0) is 0 Å². The highest BCUT2D eigenvalue weighted by Crippen LogP contribution is 2.12. The Balaban J connectivity index is 2.88. The van der Waals surface area contributed by atoms with Gasteiger partial charge in [-0.1, -0.05) is 6.07 Å². The molecular weight excluding hydrogens is 148 g/mol. The molecule has 2 rings (SSSR count). The lowest BCUT2D eigenvalue weighted by atomic mass is 10.2. The van der Waals surface area contributed by atoms with Crippen LogP contribution in [0.1, 0.15) is 16.8 Å². The van der Waals surface area contributed by atoms with Crippen LogP contribution >= 0.6 is 0 Å². The van der Waals surface area contributed by atoms with Gasteiger partial charge in [0.15, 0.2) is 0 Å². The van der Waals surface area contributed by atoms with Crippen LogP contribution in [0.4, 0.5) is 0 Å². The summed E-state index contributed by atoms with van der Waals surface area (Å²) in [6.45, 7) is 6.22. The highest BCUT2D eigenvalue weighted by atomic mass is 15.2. The number of nitrogens with zero attached hydrogens (tertiary/aromatic N) is 2. The van der Waals surface area contributed by atoms with E-state index in [9.17, 15) is 0 Å². The van der Waals surface area contributed by atoms with E-state index in [2.05, 4.69) is 37.3 Å². The minimum Gasteiger partial charge on any atom is -0.240 e. The van der Waals surface area contributed by atoms with Crippen LogP contribution < -0.4 is 0 Å². The summed E-state index contributed by atoms with van der Waals surface area (Å²) in [6, 6.07) is 4.28. The SMILES string of the molecule is Cc1cc(C)c2cc(C)nn2c1. The Kier molecular flexibility index (Phi) is 1.43. The summed E-state index contributed by atoms with van der Waals surface area (Å²) in [7, 11) is 0. The molecule has 0 aromatic carbocycles. The molecule has 0 spiro atoms. The summed E-state index contributed by atoms with van der Waals surface area (Å²) in [5.74, 6) is 0. The van der Waals surface area contributed by atoms with Gasteiger partial charge in [0.05, 0.1) is 11.2 Å². The Morgan fingerprint density at radius 2 is 1.92 bits per heavy atom. The fraction of sp³-hybridized carbons (Fsp3) is 0.300. The number of rotatable bonds is 0. The third-order valence-corrected chi connectivity index (χ3v) is 2.03. The maximum absolute atomic E-state index is 4.35. The molecule has 0 atom stereocenters. The molecule has 2 heterocycles. The van der Waals surface area contributed by atoms with Crippen LogP contribution in [-0.4, -0.2) is 9.61 Å². The van der Waals surface area contributed by atoms with E-state index in [0.717, 1.165) is 5.69 Å². The smallest absolute Gasteiger partial charge is 0.0693 e. The molecule has 62 valence electrons. The summed E-state index contributed by atoms with van der Waals surface area (Å²) >= 11 is 0. The highest BCUT2D eigenvalue weighted by Gasteiger charge is 2.00. The van der Waals surface area contributed by atoms with Gasteiger partial charge in [0.25, 0.3) is 0 Å². The van der Waals surface area contributed by atoms with Gasteiger partial charge in [-0.05, 0) is 38.0 Å². The molecule has 0 unspecified atom stereocenters. The molecule has 0 saturated carbocycles. The topological polar surface area (TPSA) is 17.3 Å². The first kappa shape index (κ1) is 7.35. The summed E-state index contributed by atoms with van der Waals surface area (Å²) in [6.07, 6.45) is 2.05. The highest BCUT2D eigenvalue weighted by molar-refractivity contribution is 5.55. The molecule has 0 radical (unpaired) electrons. The quantitative estimate of drug-likeness (QED) is 0.577. The molecule has 2 aromatic heterocycles. The number of hydrogen-bond acceptors (Lipinski definition) is 1. The number of aryl methyl sites for hydroxylation is 3. The molecular formula is C10H12N2. The number of aromatic nitrogens is 2. The molecule has 0 aliphatic heterocycles. The normalized spacial score (nSPS) is 10.9. The Hall–Kier alpha value is -1.31. The van der Waals surface area contributed by atoms with E-state index in [4.69, 9.17) is 0 Å². The minimum atomic E-state index is 1.07. The third-order valence-electron chi connectivity index (χ3n) is 2.03. The van der Waals surface area contributed by atoms with Crippen molar-refractivity contribution in [2.75, 3.05) is 0 Å². The lowest BCUT2D eigenvalue weighted by Gasteiger charge is -1.99. The van der Waals surface area contributed by atoms with Crippen LogP contribution in [0, 0.1) is 20.8 Å². The van der Waals surface area contributed by atoms with Gasteiger partial charge in [-0.2, -0.15) is 5.10 Å². The van der Waals surface area contributed by atoms with E-state index in [1.807, 2.05) is 11.4 Å². The molecule has 0 fully saturated rings. The fourth-order valence-corrected chi connectivity index (χ4v) is 1.56. The van der Waals surface area contributed by atoms with Crippen LogP contribution in [0.5, 0.6) is 0 Å². The van der Waals surface area contributed by atoms with Crippen LogP contribution in [0.3, 0.4) is 0 Å². The van der Waals surface area contributed by atoms with Crippen LogP contribution in [0.2, 0.25) is 0 Å². The van der Waals surface area contributed by atoms with Gasteiger partial charge in [0.1, 0.15) is 0 Å². The van der Waals surface area contributed by atoms with Crippen molar-refractivity contribution in [3.8, 4) is 0 Å². The number of hydrogen-bond donors (Lipinski definition) is 0. The zero-order chi connectivity index (χ0) is 8.72. The largest absolute Gasteiger partial charge is 0.240 e. The molecule has 0 aliphatic carbocycles. The third kappa shape index (κ3) is 0.998. The van der Waals surface area contributed by atoms with Gasteiger partial charge < -0.3 is 0 Å². The molecule has 0 bridgehead atoms. The van der Waals surface area contributed by atoms with E-state index in [1.54, 1.807) is 0 Å². The van der Waals surface area contributed by atoms with Gasteiger partial charge in [-0.15, -0.1) is 0 Å². The van der Waals surface area contributed by atoms with Gasteiger partial charge in [-0.3, -0.25) is 0 Å². The molecule has 0 amide bonds. The van der Waals surface area contributed by atoms with E-state index >= 15 is 0 Å². The van der Waals surface area contributed by atoms with Crippen LogP contribution in [0.25, 0.3) is 5.52 Å². The average Bonchev–Trinajstić information content (AvgIpc) is 2.29. The monoisotopic (exact) mass is 160 g/mol. The lowest BCUT2D eigenvalue weighted by molar-refractivity contribution is 0.922. The van der Waals surface area contributed by atoms with Crippen molar-refractivity contribution in [3.05, 3.63) is 35.2 Å². The Morgan fingerprint density at radius 1 is 1.17 bits per heavy atom. The first-order valence-corrected chi connectivity index (χ1v) is 4.10. The second-order valence-electron chi connectivity index (χ2n) is 3.32. The van der Waals surface area contributed by atoms with Crippen molar-refractivity contribution in [2.45, 2.75) is 20.8 Å². The molecule has 0 aliphatic rings. The maximum atomic E-state index is 4.35. The van der Waals surface area contributed by atoms with Gasteiger partial charge in [0, 0.05) is 6.20 Å². The first-order valence-electron chi connectivity index (χ1n) is 4.10. The molecule has 0 N–H and O–H groups in total. The Labute approximate surface area is 71.8 Å². The summed E-state index contributed by atoms with van der Waals surface area (Å²) < 4.78 is 1.94. The van der Waals surface area contributed by atoms with Crippen LogP contribution in [0.15, 0.2) is 18.3 Å². The van der Waals surface area contributed by atoms with Crippen molar-refractivity contribution in [1.29, 1.82) is 0 Å². The van der Waals surface area contributed by atoms with Gasteiger partial charge in [0.2, 0.25) is 0 Å². The molecule has 12 heavy (non-hydrogen) atoms.